The fourth-order valence-electron chi connectivity index (χ4n) is 3.52. The van der Waals surface area contributed by atoms with E-state index in [4.69, 9.17) is 28.2 Å². The molecule has 0 saturated carbocycles. The number of carbonyl (C=O) groups is 1. The van der Waals surface area contributed by atoms with Crippen molar-refractivity contribution in [3.8, 4) is 0 Å². The van der Waals surface area contributed by atoms with Gasteiger partial charge in [-0.2, -0.15) is 0 Å². The molecule has 3 aromatic rings. The molecule has 2 heterocycles. The van der Waals surface area contributed by atoms with E-state index in [1.165, 1.54) is 22.2 Å². The number of rotatable bonds is 5. The molecule has 0 atom stereocenters. The summed E-state index contributed by atoms with van der Waals surface area (Å²) in [5.74, 6) is -0.118. The van der Waals surface area contributed by atoms with E-state index in [2.05, 4.69) is 5.32 Å². The van der Waals surface area contributed by atoms with Gasteiger partial charge in [-0.3, -0.25) is 14.2 Å². The molecule has 1 N–H and O–H groups in total. The predicted octanol–water partition coefficient (Wildman–Crippen LogP) is 5.39. The molecule has 0 saturated heterocycles. The molecule has 5 nitrogen and oxygen atoms in total. The molecular formula is C20H19Cl2N3O2S2. The summed E-state index contributed by atoms with van der Waals surface area (Å²) >= 11 is 14.9. The maximum atomic E-state index is 13.1. The number of carbonyl (C=O) groups excluding carboxylic acids is 1. The minimum Gasteiger partial charge on any atom is -0.324 e. The van der Waals surface area contributed by atoms with E-state index < -0.39 is 0 Å². The zero-order valence-corrected chi connectivity index (χ0v) is 18.9. The van der Waals surface area contributed by atoms with Crippen LogP contribution in [0.1, 0.15) is 30.2 Å². The Morgan fingerprint density at radius 1 is 1.31 bits per heavy atom. The zero-order chi connectivity index (χ0) is 20.5. The van der Waals surface area contributed by atoms with E-state index in [9.17, 15) is 9.59 Å². The number of thioether (sulfide) groups is 1. The normalized spacial score (nSPS) is 13.5. The number of anilines is 1. The topological polar surface area (TPSA) is 64.0 Å². The molecule has 0 spiro atoms. The van der Waals surface area contributed by atoms with Gasteiger partial charge in [0.05, 0.1) is 21.8 Å². The van der Waals surface area contributed by atoms with Crippen LogP contribution in [0.4, 0.5) is 5.69 Å². The highest BCUT2D eigenvalue weighted by atomic mass is 35.5. The maximum Gasteiger partial charge on any atom is 0.263 e. The monoisotopic (exact) mass is 467 g/mol. The molecule has 2 aromatic heterocycles. The second-order valence-corrected chi connectivity index (χ2v) is 9.67. The van der Waals surface area contributed by atoms with Gasteiger partial charge in [0.2, 0.25) is 5.91 Å². The summed E-state index contributed by atoms with van der Waals surface area (Å²) in [7, 11) is 0. The smallest absolute Gasteiger partial charge is 0.263 e. The third-order valence-corrected chi connectivity index (χ3v) is 7.62. The summed E-state index contributed by atoms with van der Waals surface area (Å²) < 4.78 is 1.66. The van der Waals surface area contributed by atoms with Crippen LogP contribution in [0, 0.1) is 0 Å². The van der Waals surface area contributed by atoms with Crippen LogP contribution < -0.4 is 10.9 Å². The second kappa shape index (κ2) is 8.68. The molecule has 9 heteroatoms. The van der Waals surface area contributed by atoms with Crippen molar-refractivity contribution < 1.29 is 4.79 Å². The van der Waals surface area contributed by atoms with Crippen LogP contribution in [0.15, 0.2) is 28.2 Å². The average molecular weight is 468 g/mol. The molecule has 1 aliphatic rings. The van der Waals surface area contributed by atoms with Crippen LogP contribution in [0.3, 0.4) is 0 Å². The van der Waals surface area contributed by atoms with Crippen molar-refractivity contribution in [2.75, 3.05) is 11.1 Å². The number of halogens is 2. The van der Waals surface area contributed by atoms with Crippen molar-refractivity contribution >= 4 is 68.1 Å². The van der Waals surface area contributed by atoms with Crippen molar-refractivity contribution in [3.05, 3.63) is 49.0 Å². The second-order valence-electron chi connectivity index (χ2n) is 6.80. The fourth-order valence-corrected chi connectivity index (χ4v) is 6.02. The van der Waals surface area contributed by atoms with E-state index >= 15 is 0 Å². The van der Waals surface area contributed by atoms with Crippen LogP contribution in [0.25, 0.3) is 10.2 Å². The summed E-state index contributed by atoms with van der Waals surface area (Å²) in [6.07, 6.45) is 4.25. The number of amides is 1. The molecule has 0 radical (unpaired) electrons. The van der Waals surface area contributed by atoms with Crippen LogP contribution in [-0.4, -0.2) is 21.2 Å². The summed E-state index contributed by atoms with van der Waals surface area (Å²) in [4.78, 5) is 32.3. The molecule has 4 rings (SSSR count). The quantitative estimate of drug-likeness (QED) is 0.403. The van der Waals surface area contributed by atoms with E-state index in [1.807, 2.05) is 6.92 Å². The first kappa shape index (κ1) is 20.7. The lowest BCUT2D eigenvalue weighted by atomic mass is 9.97. The van der Waals surface area contributed by atoms with Gasteiger partial charge in [0, 0.05) is 16.4 Å². The lowest BCUT2D eigenvalue weighted by Gasteiger charge is -2.12. The molecule has 0 unspecified atom stereocenters. The molecule has 0 bridgehead atoms. The first-order valence-corrected chi connectivity index (χ1v) is 12.0. The van der Waals surface area contributed by atoms with Crippen molar-refractivity contribution in [2.24, 2.45) is 0 Å². The molecule has 152 valence electrons. The predicted molar refractivity (Wildman–Crippen MR) is 122 cm³/mol. The lowest BCUT2D eigenvalue weighted by Crippen LogP contribution is -2.24. The largest absolute Gasteiger partial charge is 0.324 e. The van der Waals surface area contributed by atoms with Crippen LogP contribution in [0.5, 0.6) is 0 Å². The molecule has 0 fully saturated rings. The van der Waals surface area contributed by atoms with Gasteiger partial charge in [0.25, 0.3) is 5.56 Å². The molecular weight excluding hydrogens is 449 g/mol. The Kier molecular flexibility index (Phi) is 6.20. The molecule has 0 aliphatic heterocycles. The highest BCUT2D eigenvalue weighted by molar-refractivity contribution is 7.99. The third-order valence-electron chi connectivity index (χ3n) is 4.89. The Bertz CT molecular complexity index is 1160. The van der Waals surface area contributed by atoms with Crippen LogP contribution >= 0.6 is 46.3 Å². The molecule has 29 heavy (non-hydrogen) atoms. The number of aryl methyl sites for hydroxylation is 2. The van der Waals surface area contributed by atoms with Gasteiger partial charge in [-0.15, -0.1) is 11.3 Å². The Hall–Kier alpha value is -1.54. The Labute approximate surface area is 186 Å². The molecule has 1 aromatic carbocycles. The highest BCUT2D eigenvalue weighted by Crippen LogP contribution is 2.34. The van der Waals surface area contributed by atoms with E-state index in [1.54, 1.807) is 34.1 Å². The fraction of sp³-hybridized carbons (Fsp3) is 0.350. The SMILES string of the molecule is CCn1c(SCC(=O)Nc2cc(Cl)ccc2Cl)nc2sc3c(c2c1=O)CCCC3. The summed E-state index contributed by atoms with van der Waals surface area (Å²) in [5.41, 5.74) is 1.64. The molecule has 1 amide bonds. The number of nitrogens with zero attached hydrogens (tertiary/aromatic N) is 2. The Morgan fingerprint density at radius 2 is 2.10 bits per heavy atom. The summed E-state index contributed by atoms with van der Waals surface area (Å²) in [6, 6.07) is 4.90. The zero-order valence-electron chi connectivity index (χ0n) is 15.8. The van der Waals surface area contributed by atoms with Crippen LogP contribution in [-0.2, 0) is 24.2 Å². The van der Waals surface area contributed by atoms with Gasteiger partial charge in [-0.25, -0.2) is 4.98 Å². The number of nitrogens with one attached hydrogen (secondary N) is 1. The minimum absolute atomic E-state index is 0.00214. The van der Waals surface area contributed by atoms with Crippen LogP contribution in [0.2, 0.25) is 10.0 Å². The number of thiophene rings is 1. The average Bonchev–Trinajstić information content (AvgIpc) is 3.08. The molecule has 1 aliphatic carbocycles. The number of aromatic nitrogens is 2. The number of hydrogen-bond acceptors (Lipinski definition) is 5. The first-order chi connectivity index (χ1) is 14.0. The van der Waals surface area contributed by atoms with Crippen molar-refractivity contribution in [1.82, 2.24) is 9.55 Å². The van der Waals surface area contributed by atoms with E-state index in [-0.39, 0.29) is 17.2 Å². The van der Waals surface area contributed by atoms with E-state index in [0.29, 0.717) is 27.4 Å². The van der Waals surface area contributed by atoms with Crippen molar-refractivity contribution in [1.29, 1.82) is 0 Å². The standard InChI is InChI=1S/C20H19Cl2N3O2S2/c1-2-25-19(27)17-12-5-3-4-6-15(12)29-18(17)24-20(25)28-10-16(26)23-14-9-11(21)7-8-13(14)22/h7-9H,2-6,10H2,1H3,(H,23,26). The summed E-state index contributed by atoms with van der Waals surface area (Å²) in [6.45, 7) is 2.43. The maximum absolute atomic E-state index is 13.1. The van der Waals surface area contributed by atoms with Gasteiger partial charge >= 0.3 is 0 Å². The number of hydrogen-bond donors (Lipinski definition) is 1. The van der Waals surface area contributed by atoms with Gasteiger partial charge in [0.15, 0.2) is 5.16 Å². The number of benzene rings is 1. The Balaban J connectivity index is 1.58. The van der Waals surface area contributed by atoms with Gasteiger partial charge in [-0.1, -0.05) is 35.0 Å². The van der Waals surface area contributed by atoms with Gasteiger partial charge < -0.3 is 5.32 Å². The highest BCUT2D eigenvalue weighted by Gasteiger charge is 2.22. The van der Waals surface area contributed by atoms with E-state index in [0.717, 1.165) is 35.9 Å². The van der Waals surface area contributed by atoms with Gasteiger partial charge in [0.1, 0.15) is 4.83 Å². The minimum atomic E-state index is -0.235. The lowest BCUT2D eigenvalue weighted by molar-refractivity contribution is -0.113. The first-order valence-electron chi connectivity index (χ1n) is 9.40. The number of fused-ring (bicyclic) bond motifs is 3. The third kappa shape index (κ3) is 4.19. The van der Waals surface area contributed by atoms with Crippen molar-refractivity contribution in [3.63, 3.8) is 0 Å². The summed E-state index contributed by atoms with van der Waals surface area (Å²) in [5, 5.41) is 5.01. The Morgan fingerprint density at radius 3 is 2.90 bits per heavy atom. The van der Waals surface area contributed by atoms with Crippen molar-refractivity contribution in [2.45, 2.75) is 44.3 Å². The van der Waals surface area contributed by atoms with Gasteiger partial charge in [-0.05, 0) is 56.4 Å².